The minimum atomic E-state index is 0.580. The van der Waals surface area contributed by atoms with Crippen molar-refractivity contribution in [2.75, 3.05) is 20.1 Å². The molecule has 1 aromatic rings. The quantitative estimate of drug-likeness (QED) is 0.716. The van der Waals surface area contributed by atoms with E-state index in [1.165, 1.54) is 11.3 Å². The Kier molecular flexibility index (Phi) is 2.51. The highest BCUT2D eigenvalue weighted by molar-refractivity contribution is 7.17. The molecule has 0 spiro atoms. The van der Waals surface area contributed by atoms with Crippen molar-refractivity contribution in [1.82, 2.24) is 9.88 Å². The minimum Gasteiger partial charge on any atom is -0.359 e. The van der Waals surface area contributed by atoms with Gasteiger partial charge in [-0.05, 0) is 6.42 Å². The largest absolute Gasteiger partial charge is 0.359 e. The van der Waals surface area contributed by atoms with Crippen molar-refractivity contribution in [3.63, 3.8) is 0 Å². The first-order chi connectivity index (χ1) is 6.27. The molecule has 3 nitrogen and oxygen atoms in total. The third-order valence-electron chi connectivity index (χ3n) is 1.97. The van der Waals surface area contributed by atoms with Gasteiger partial charge in [0.05, 0.1) is 11.1 Å². The summed E-state index contributed by atoms with van der Waals surface area (Å²) in [7, 11) is 2.05. The average molecular weight is 216 g/mol. The van der Waals surface area contributed by atoms with Gasteiger partial charge in [0.25, 0.3) is 0 Å². The monoisotopic (exact) mass is 215 g/mol. The first kappa shape index (κ1) is 8.97. The van der Waals surface area contributed by atoms with Gasteiger partial charge in [0, 0.05) is 20.1 Å². The molecule has 0 amide bonds. The summed E-state index contributed by atoms with van der Waals surface area (Å²) >= 11 is 7.24. The third kappa shape index (κ3) is 1.84. The Balaban J connectivity index is 2.29. The smallest absolute Gasteiger partial charge is 0.184 e. The Morgan fingerprint density at radius 3 is 3.08 bits per heavy atom. The first-order valence-corrected chi connectivity index (χ1v) is 5.34. The molecular formula is C8H10ClN3S. The second-order valence-electron chi connectivity index (χ2n) is 2.96. The first-order valence-electron chi connectivity index (χ1n) is 4.14. The topological polar surface area (TPSA) is 28.5 Å². The number of aliphatic imine (C=N–C) groups is 1. The summed E-state index contributed by atoms with van der Waals surface area (Å²) in [5.74, 6) is 1.02. The van der Waals surface area contributed by atoms with E-state index in [1.54, 1.807) is 6.20 Å². The van der Waals surface area contributed by atoms with Gasteiger partial charge in [-0.3, -0.25) is 4.99 Å². The number of rotatable bonds is 1. The number of halogens is 1. The van der Waals surface area contributed by atoms with Gasteiger partial charge < -0.3 is 4.90 Å². The van der Waals surface area contributed by atoms with Crippen LogP contribution in [0.25, 0.3) is 0 Å². The molecule has 5 heteroatoms. The van der Waals surface area contributed by atoms with Gasteiger partial charge in [-0.25, -0.2) is 4.98 Å². The van der Waals surface area contributed by atoms with Crippen LogP contribution < -0.4 is 0 Å². The lowest BCUT2D eigenvalue weighted by atomic mass is 10.3. The fourth-order valence-corrected chi connectivity index (χ4v) is 2.34. The van der Waals surface area contributed by atoms with Gasteiger partial charge in [-0.15, -0.1) is 0 Å². The molecule has 0 aromatic carbocycles. The van der Waals surface area contributed by atoms with E-state index in [1.807, 2.05) is 7.05 Å². The molecule has 2 rings (SSSR count). The summed E-state index contributed by atoms with van der Waals surface area (Å²) < 4.78 is 0.580. The molecule has 1 aliphatic rings. The predicted octanol–water partition coefficient (Wildman–Crippen LogP) is 1.88. The van der Waals surface area contributed by atoms with E-state index in [4.69, 9.17) is 11.6 Å². The number of thiazole rings is 1. The highest BCUT2D eigenvalue weighted by Crippen LogP contribution is 2.20. The lowest BCUT2D eigenvalue weighted by molar-refractivity contribution is 0.469. The van der Waals surface area contributed by atoms with Crippen molar-refractivity contribution in [3.05, 3.63) is 15.5 Å². The van der Waals surface area contributed by atoms with Crippen LogP contribution >= 0.6 is 22.9 Å². The van der Waals surface area contributed by atoms with Gasteiger partial charge in [-0.2, -0.15) is 0 Å². The second kappa shape index (κ2) is 3.64. The predicted molar refractivity (Wildman–Crippen MR) is 55.8 cm³/mol. The number of hydrogen-bond donors (Lipinski definition) is 0. The zero-order valence-corrected chi connectivity index (χ0v) is 8.90. The van der Waals surface area contributed by atoms with Gasteiger partial charge >= 0.3 is 0 Å². The molecule has 1 aliphatic heterocycles. The molecule has 0 atom stereocenters. The van der Waals surface area contributed by atoms with Crippen LogP contribution in [0.3, 0.4) is 0 Å². The van der Waals surface area contributed by atoms with E-state index in [0.29, 0.717) is 4.47 Å². The van der Waals surface area contributed by atoms with E-state index in [2.05, 4.69) is 14.9 Å². The highest BCUT2D eigenvalue weighted by atomic mass is 35.5. The summed E-state index contributed by atoms with van der Waals surface area (Å²) in [6.45, 7) is 1.98. The van der Waals surface area contributed by atoms with Crippen LogP contribution in [-0.4, -0.2) is 35.9 Å². The summed E-state index contributed by atoms with van der Waals surface area (Å²) in [6, 6.07) is 0. The van der Waals surface area contributed by atoms with Crippen molar-refractivity contribution in [3.8, 4) is 0 Å². The molecule has 0 radical (unpaired) electrons. The van der Waals surface area contributed by atoms with E-state index < -0.39 is 0 Å². The van der Waals surface area contributed by atoms with Gasteiger partial charge in [0.2, 0.25) is 0 Å². The number of aromatic nitrogens is 1. The van der Waals surface area contributed by atoms with Crippen molar-refractivity contribution < 1.29 is 0 Å². The fourth-order valence-electron chi connectivity index (χ4n) is 1.34. The number of hydrogen-bond acceptors (Lipinski definition) is 4. The molecule has 0 unspecified atom stereocenters. The minimum absolute atomic E-state index is 0.580. The Morgan fingerprint density at radius 2 is 2.46 bits per heavy atom. The van der Waals surface area contributed by atoms with Crippen molar-refractivity contribution in [1.29, 1.82) is 0 Å². The Bertz CT molecular complexity index is 334. The molecule has 2 heterocycles. The van der Waals surface area contributed by atoms with E-state index in [-0.39, 0.29) is 0 Å². The molecule has 0 bridgehead atoms. The SMILES string of the molecule is CN1CCCN=C1c1cnc(Cl)s1. The van der Waals surface area contributed by atoms with Crippen molar-refractivity contribution >= 4 is 28.8 Å². The second-order valence-corrected chi connectivity index (χ2v) is 4.57. The number of nitrogens with zero attached hydrogens (tertiary/aromatic N) is 3. The molecule has 1 aromatic heterocycles. The van der Waals surface area contributed by atoms with Crippen LogP contribution in [-0.2, 0) is 0 Å². The van der Waals surface area contributed by atoms with E-state index in [0.717, 1.165) is 30.2 Å². The lowest BCUT2D eigenvalue weighted by Gasteiger charge is -2.23. The maximum absolute atomic E-state index is 5.76. The van der Waals surface area contributed by atoms with E-state index in [9.17, 15) is 0 Å². The zero-order chi connectivity index (χ0) is 9.26. The van der Waals surface area contributed by atoms with Crippen LogP contribution in [0.15, 0.2) is 11.2 Å². The standard InChI is InChI=1S/C8H10ClN3S/c1-12-4-2-3-10-7(12)6-5-11-8(9)13-6/h5H,2-4H2,1H3. The van der Waals surface area contributed by atoms with Crippen molar-refractivity contribution in [2.45, 2.75) is 6.42 Å². The maximum atomic E-state index is 5.76. The maximum Gasteiger partial charge on any atom is 0.184 e. The van der Waals surface area contributed by atoms with Gasteiger partial charge in [-0.1, -0.05) is 22.9 Å². The Morgan fingerprint density at radius 1 is 1.62 bits per heavy atom. The average Bonchev–Trinajstić information content (AvgIpc) is 2.53. The molecule has 0 saturated carbocycles. The fraction of sp³-hybridized carbons (Fsp3) is 0.500. The molecule has 0 saturated heterocycles. The van der Waals surface area contributed by atoms with Gasteiger partial charge in [0.15, 0.2) is 4.47 Å². The van der Waals surface area contributed by atoms with Crippen molar-refractivity contribution in [2.24, 2.45) is 4.99 Å². The normalized spacial score (nSPS) is 17.4. The molecular weight excluding hydrogens is 206 g/mol. The molecule has 0 N–H and O–H groups in total. The van der Waals surface area contributed by atoms with E-state index >= 15 is 0 Å². The molecule has 70 valence electrons. The number of amidine groups is 1. The summed E-state index contributed by atoms with van der Waals surface area (Å²) in [5, 5.41) is 0. The lowest BCUT2D eigenvalue weighted by Crippen LogP contribution is -2.32. The van der Waals surface area contributed by atoms with Crippen LogP contribution in [0, 0.1) is 0 Å². The summed E-state index contributed by atoms with van der Waals surface area (Å²) in [4.78, 5) is 11.7. The van der Waals surface area contributed by atoms with Crippen LogP contribution in [0.4, 0.5) is 0 Å². The molecule has 0 fully saturated rings. The third-order valence-corrected chi connectivity index (χ3v) is 3.08. The zero-order valence-electron chi connectivity index (χ0n) is 7.33. The van der Waals surface area contributed by atoms with Crippen LogP contribution in [0.2, 0.25) is 4.47 Å². The van der Waals surface area contributed by atoms with Crippen LogP contribution in [0.5, 0.6) is 0 Å². The van der Waals surface area contributed by atoms with Crippen LogP contribution in [0.1, 0.15) is 11.3 Å². The molecule has 0 aliphatic carbocycles. The summed E-state index contributed by atoms with van der Waals surface area (Å²) in [5.41, 5.74) is 0. The van der Waals surface area contributed by atoms with Gasteiger partial charge in [0.1, 0.15) is 5.84 Å². The molecule has 13 heavy (non-hydrogen) atoms. The Labute approximate surface area is 86.1 Å². The summed E-state index contributed by atoms with van der Waals surface area (Å²) in [6.07, 6.45) is 2.92. The Hall–Kier alpha value is -0.610. The highest BCUT2D eigenvalue weighted by Gasteiger charge is 2.15.